The molecule has 0 N–H and O–H groups in total. The van der Waals surface area contributed by atoms with Gasteiger partial charge in [0.1, 0.15) is 36.7 Å². The molecule has 0 unspecified atom stereocenters. The first kappa shape index (κ1) is 24.2. The zero-order chi connectivity index (χ0) is 25.5. The zero-order valence-electron chi connectivity index (χ0n) is 22.1. The summed E-state index contributed by atoms with van der Waals surface area (Å²) in [7, 11) is 0. The third-order valence-corrected chi connectivity index (χ3v) is 6.81. The molecular weight excluding hydrogens is 446 g/mol. The molecule has 0 radical (unpaired) electrons. The molecule has 5 heteroatoms. The molecule has 2 aliphatic rings. The predicted octanol–water partition coefficient (Wildman–Crippen LogP) is 6.71. The number of hydrogen-bond acceptors (Lipinski definition) is 5. The van der Waals surface area contributed by atoms with E-state index in [1.807, 2.05) is 18.2 Å². The van der Waals surface area contributed by atoms with Crippen LogP contribution in [0.5, 0.6) is 0 Å². The quantitative estimate of drug-likeness (QED) is 0.416. The average Bonchev–Trinajstić information content (AvgIpc) is 3.54. The van der Waals surface area contributed by atoms with E-state index in [2.05, 4.69) is 90.1 Å². The van der Waals surface area contributed by atoms with Gasteiger partial charge in [0.25, 0.3) is 0 Å². The van der Waals surface area contributed by atoms with Gasteiger partial charge in [-0.1, -0.05) is 96.1 Å². The van der Waals surface area contributed by atoms with E-state index >= 15 is 0 Å². The van der Waals surface area contributed by atoms with Gasteiger partial charge < -0.3 is 9.47 Å². The summed E-state index contributed by atoms with van der Waals surface area (Å²) in [6.07, 6.45) is 0. The Bertz CT molecular complexity index is 1190. The second-order valence-electron chi connectivity index (χ2n) is 11.7. The lowest BCUT2D eigenvalue weighted by molar-refractivity contribution is 0.317. The normalized spacial score (nSPS) is 19.9. The summed E-state index contributed by atoms with van der Waals surface area (Å²) in [6.45, 7) is 14.4. The van der Waals surface area contributed by atoms with Crippen molar-refractivity contribution in [1.82, 2.24) is 4.98 Å². The fraction of sp³-hybridized carbons (Fsp3) is 0.387. The average molecular weight is 482 g/mol. The van der Waals surface area contributed by atoms with E-state index in [4.69, 9.17) is 24.4 Å². The van der Waals surface area contributed by atoms with Crippen molar-refractivity contribution in [3.63, 3.8) is 0 Å². The van der Waals surface area contributed by atoms with Crippen molar-refractivity contribution in [3.8, 4) is 0 Å². The van der Waals surface area contributed by atoms with Crippen LogP contribution in [0.25, 0.3) is 0 Å². The van der Waals surface area contributed by atoms with Crippen molar-refractivity contribution in [2.75, 3.05) is 13.2 Å². The van der Waals surface area contributed by atoms with Gasteiger partial charge in [-0.3, -0.25) is 0 Å². The molecule has 36 heavy (non-hydrogen) atoms. The van der Waals surface area contributed by atoms with Crippen LogP contribution in [0.15, 0.2) is 76.7 Å². The van der Waals surface area contributed by atoms with Crippen LogP contribution in [0.4, 0.5) is 0 Å². The summed E-state index contributed by atoms with van der Waals surface area (Å²) in [5.41, 5.74) is 6.58. The molecule has 0 saturated carbocycles. The van der Waals surface area contributed by atoms with Gasteiger partial charge >= 0.3 is 0 Å². The van der Waals surface area contributed by atoms with E-state index < -0.39 is 0 Å². The number of benzene rings is 2. The molecule has 186 valence electrons. The van der Waals surface area contributed by atoms with Crippen molar-refractivity contribution in [3.05, 3.63) is 100 Å². The fourth-order valence-electron chi connectivity index (χ4n) is 4.45. The first-order chi connectivity index (χ1) is 17.1. The van der Waals surface area contributed by atoms with Gasteiger partial charge in [-0.25, -0.2) is 15.0 Å². The summed E-state index contributed by atoms with van der Waals surface area (Å²) in [6, 6.07) is 23.1. The van der Waals surface area contributed by atoms with E-state index in [1.165, 1.54) is 11.1 Å². The molecular formula is C31H35N3O2. The molecule has 0 bridgehead atoms. The van der Waals surface area contributed by atoms with Crippen LogP contribution in [0, 0.1) is 0 Å². The summed E-state index contributed by atoms with van der Waals surface area (Å²) in [5, 5.41) is 0. The molecule has 1 aromatic heterocycles. The van der Waals surface area contributed by atoms with Gasteiger partial charge in [0, 0.05) is 0 Å². The number of hydrogen-bond donors (Lipinski definition) is 0. The minimum atomic E-state index is -0.0278. The minimum Gasteiger partial charge on any atom is -0.474 e. The Balaban J connectivity index is 1.32. The Labute approximate surface area is 214 Å². The molecule has 0 saturated heterocycles. The second kappa shape index (κ2) is 9.20. The number of nitrogens with zero attached hydrogens (tertiary/aromatic N) is 3. The highest BCUT2D eigenvalue weighted by Crippen LogP contribution is 2.30. The Morgan fingerprint density at radius 3 is 1.33 bits per heavy atom. The number of ether oxygens (including phenoxy) is 2. The lowest BCUT2D eigenvalue weighted by atomic mass is 9.86. The van der Waals surface area contributed by atoms with Crippen LogP contribution in [0.3, 0.4) is 0 Å². The van der Waals surface area contributed by atoms with Gasteiger partial charge in [0.15, 0.2) is 0 Å². The first-order valence-electron chi connectivity index (χ1n) is 12.7. The smallest absolute Gasteiger partial charge is 0.236 e. The molecule has 3 heterocycles. The molecule has 5 nitrogen and oxygen atoms in total. The third kappa shape index (κ3) is 5.06. The lowest BCUT2D eigenvalue weighted by Gasteiger charge is -2.19. The first-order valence-corrected chi connectivity index (χ1v) is 12.7. The van der Waals surface area contributed by atoms with E-state index in [9.17, 15) is 0 Å². The second-order valence-corrected chi connectivity index (χ2v) is 11.7. The van der Waals surface area contributed by atoms with E-state index in [0.29, 0.717) is 36.4 Å². The van der Waals surface area contributed by atoms with Crippen molar-refractivity contribution in [2.24, 2.45) is 9.98 Å². The van der Waals surface area contributed by atoms with Gasteiger partial charge in [0.2, 0.25) is 11.8 Å². The Kier molecular flexibility index (Phi) is 6.19. The van der Waals surface area contributed by atoms with Crippen LogP contribution in [0.2, 0.25) is 0 Å². The van der Waals surface area contributed by atoms with E-state index in [0.717, 1.165) is 11.1 Å². The molecule has 0 amide bonds. The van der Waals surface area contributed by atoms with Gasteiger partial charge in [-0.2, -0.15) is 0 Å². The van der Waals surface area contributed by atoms with E-state index in [-0.39, 0.29) is 22.9 Å². The Morgan fingerprint density at radius 2 is 0.972 bits per heavy atom. The summed E-state index contributed by atoms with van der Waals surface area (Å²) >= 11 is 0. The molecule has 2 aliphatic heterocycles. The minimum absolute atomic E-state index is 0.0278. The Hall–Kier alpha value is -3.47. The lowest BCUT2D eigenvalue weighted by Crippen LogP contribution is -2.11. The molecule has 2 atom stereocenters. The molecule has 2 aromatic carbocycles. The maximum absolute atomic E-state index is 5.96. The van der Waals surface area contributed by atoms with Crippen molar-refractivity contribution >= 4 is 11.8 Å². The molecule has 0 spiro atoms. The van der Waals surface area contributed by atoms with Crippen LogP contribution in [-0.4, -0.2) is 30.0 Å². The number of rotatable bonds is 4. The molecule has 0 fully saturated rings. The van der Waals surface area contributed by atoms with Crippen molar-refractivity contribution in [2.45, 2.75) is 64.5 Å². The Morgan fingerprint density at radius 1 is 0.583 bits per heavy atom. The monoisotopic (exact) mass is 481 g/mol. The van der Waals surface area contributed by atoms with Crippen molar-refractivity contribution < 1.29 is 9.47 Å². The van der Waals surface area contributed by atoms with Crippen LogP contribution >= 0.6 is 0 Å². The SMILES string of the molecule is CC(C)(C)c1ccc([C@@H]2COC(c3cccc(C4=N[C@H](c5ccc(C(C)(C)C)cc5)CO4)n3)=N2)cc1. The highest BCUT2D eigenvalue weighted by atomic mass is 16.5. The van der Waals surface area contributed by atoms with Crippen LogP contribution in [-0.2, 0) is 20.3 Å². The summed E-state index contributed by atoms with van der Waals surface area (Å²) < 4.78 is 11.9. The van der Waals surface area contributed by atoms with Crippen molar-refractivity contribution in [1.29, 1.82) is 0 Å². The predicted molar refractivity (Wildman–Crippen MR) is 145 cm³/mol. The zero-order valence-corrected chi connectivity index (χ0v) is 22.1. The maximum atomic E-state index is 5.96. The number of aliphatic imine (C=N–C) groups is 2. The number of pyridine rings is 1. The largest absolute Gasteiger partial charge is 0.474 e. The summed E-state index contributed by atoms with van der Waals surface area (Å²) in [4.78, 5) is 14.4. The number of aromatic nitrogens is 1. The molecule has 5 rings (SSSR count). The van der Waals surface area contributed by atoms with Gasteiger partial charge in [-0.15, -0.1) is 0 Å². The maximum Gasteiger partial charge on any atom is 0.236 e. The van der Waals surface area contributed by atoms with Crippen LogP contribution in [0.1, 0.15) is 87.3 Å². The summed E-state index contributed by atoms with van der Waals surface area (Å²) in [5.74, 6) is 1.13. The van der Waals surface area contributed by atoms with Crippen LogP contribution < -0.4 is 0 Å². The van der Waals surface area contributed by atoms with Gasteiger partial charge in [0.05, 0.1) is 0 Å². The molecule has 3 aromatic rings. The van der Waals surface area contributed by atoms with Gasteiger partial charge in [-0.05, 0) is 45.2 Å². The standard InChI is InChI=1S/C31H35N3O2/c1-30(2,3)22-14-10-20(11-15-22)26-18-35-28(33-26)24-8-7-9-25(32-24)29-34-27(19-36-29)21-12-16-23(17-13-21)31(4,5)6/h7-17,26-27H,18-19H2,1-6H3/t26-,27-/m0/s1. The molecule has 0 aliphatic carbocycles. The highest BCUT2D eigenvalue weighted by Gasteiger charge is 2.26. The third-order valence-electron chi connectivity index (χ3n) is 6.81. The topological polar surface area (TPSA) is 56.1 Å². The highest BCUT2D eigenvalue weighted by molar-refractivity contribution is 5.97. The fourth-order valence-corrected chi connectivity index (χ4v) is 4.45. The van der Waals surface area contributed by atoms with E-state index in [1.54, 1.807) is 0 Å².